The van der Waals surface area contributed by atoms with Crippen molar-refractivity contribution in [2.24, 2.45) is 0 Å². The molecule has 0 atom stereocenters. The highest BCUT2D eigenvalue weighted by atomic mass is 32.2. The van der Waals surface area contributed by atoms with Crippen molar-refractivity contribution in [3.63, 3.8) is 0 Å². The summed E-state index contributed by atoms with van der Waals surface area (Å²) in [5.74, 6) is 0.221. The fraction of sp³-hybridized carbons (Fsp3) is 0.778. The van der Waals surface area contributed by atoms with Crippen LogP contribution in [0.25, 0.3) is 0 Å². The second-order valence-corrected chi connectivity index (χ2v) is 5.31. The molecule has 0 aliphatic carbocycles. The first-order valence-corrected chi connectivity index (χ1v) is 6.17. The standard InChI is InChI=1S/C9H19NO2S/c1-5-7-10(9(3)4)13(11,12)8-6-2/h5,9H,1,6-8H2,2-4H3. The van der Waals surface area contributed by atoms with E-state index in [1.807, 2.05) is 20.8 Å². The predicted octanol–water partition coefficient (Wildman–Crippen LogP) is 1.62. The van der Waals surface area contributed by atoms with Crippen molar-refractivity contribution in [2.45, 2.75) is 33.2 Å². The summed E-state index contributed by atoms with van der Waals surface area (Å²) in [6, 6.07) is 0.00884. The number of hydrogen-bond acceptors (Lipinski definition) is 2. The van der Waals surface area contributed by atoms with Gasteiger partial charge in [0, 0.05) is 12.6 Å². The van der Waals surface area contributed by atoms with Crippen molar-refractivity contribution in [3.05, 3.63) is 12.7 Å². The lowest BCUT2D eigenvalue weighted by molar-refractivity contribution is 0.382. The van der Waals surface area contributed by atoms with E-state index in [1.54, 1.807) is 6.08 Å². The second kappa shape index (κ2) is 5.40. The van der Waals surface area contributed by atoms with Gasteiger partial charge in [-0.1, -0.05) is 13.0 Å². The summed E-state index contributed by atoms with van der Waals surface area (Å²) in [5.41, 5.74) is 0. The molecule has 0 radical (unpaired) electrons. The SMILES string of the molecule is C=CCN(C(C)C)S(=O)(=O)CCC. The smallest absolute Gasteiger partial charge is 0.212 e. The molecule has 0 aliphatic rings. The summed E-state index contributed by atoms with van der Waals surface area (Å²) in [6.45, 7) is 9.56. The largest absolute Gasteiger partial charge is 0.214 e. The molecule has 78 valence electrons. The zero-order valence-corrected chi connectivity index (χ0v) is 9.47. The minimum atomic E-state index is -3.07. The lowest BCUT2D eigenvalue weighted by Crippen LogP contribution is -2.38. The summed E-state index contributed by atoms with van der Waals surface area (Å²) >= 11 is 0. The van der Waals surface area contributed by atoms with Crippen molar-refractivity contribution in [2.75, 3.05) is 12.3 Å². The van der Waals surface area contributed by atoms with E-state index < -0.39 is 10.0 Å². The third-order valence-corrected chi connectivity index (χ3v) is 3.91. The Hall–Kier alpha value is -0.350. The van der Waals surface area contributed by atoms with E-state index in [4.69, 9.17) is 0 Å². The molecule has 0 bridgehead atoms. The number of hydrogen-bond donors (Lipinski definition) is 0. The van der Waals surface area contributed by atoms with E-state index in [0.717, 1.165) is 0 Å². The zero-order chi connectivity index (χ0) is 10.5. The maximum atomic E-state index is 11.6. The van der Waals surface area contributed by atoms with Crippen LogP contribution in [0.5, 0.6) is 0 Å². The quantitative estimate of drug-likeness (QED) is 0.618. The van der Waals surface area contributed by atoms with Crippen molar-refractivity contribution < 1.29 is 8.42 Å². The molecule has 0 saturated carbocycles. The molecule has 0 aromatic carbocycles. The Balaban J connectivity index is 4.62. The van der Waals surface area contributed by atoms with Crippen LogP contribution in [0.3, 0.4) is 0 Å². The van der Waals surface area contributed by atoms with Crippen LogP contribution in [0.2, 0.25) is 0 Å². The topological polar surface area (TPSA) is 37.4 Å². The molecule has 0 aromatic rings. The van der Waals surface area contributed by atoms with E-state index in [-0.39, 0.29) is 11.8 Å². The molecule has 0 spiro atoms. The average Bonchev–Trinajstić information content (AvgIpc) is 1.99. The van der Waals surface area contributed by atoms with Gasteiger partial charge in [-0.3, -0.25) is 0 Å². The summed E-state index contributed by atoms with van der Waals surface area (Å²) in [6.07, 6.45) is 2.27. The van der Waals surface area contributed by atoms with Gasteiger partial charge in [0.2, 0.25) is 10.0 Å². The van der Waals surface area contributed by atoms with Gasteiger partial charge in [-0.2, -0.15) is 4.31 Å². The Morgan fingerprint density at radius 3 is 2.31 bits per heavy atom. The molecule has 0 N–H and O–H groups in total. The highest BCUT2D eigenvalue weighted by Gasteiger charge is 2.22. The summed E-state index contributed by atoms with van der Waals surface area (Å²) in [7, 11) is -3.07. The van der Waals surface area contributed by atoms with Gasteiger partial charge in [0.1, 0.15) is 0 Å². The van der Waals surface area contributed by atoms with Crippen molar-refractivity contribution >= 4 is 10.0 Å². The Morgan fingerprint density at radius 2 is 2.00 bits per heavy atom. The minimum Gasteiger partial charge on any atom is -0.212 e. The Bertz CT molecular complexity index is 244. The third-order valence-electron chi connectivity index (χ3n) is 1.70. The van der Waals surface area contributed by atoms with Gasteiger partial charge in [0.05, 0.1) is 5.75 Å². The molecule has 0 unspecified atom stereocenters. The van der Waals surface area contributed by atoms with E-state index in [1.165, 1.54) is 4.31 Å². The second-order valence-electron chi connectivity index (χ2n) is 3.27. The van der Waals surface area contributed by atoms with Crippen molar-refractivity contribution in [1.29, 1.82) is 0 Å². The van der Waals surface area contributed by atoms with Gasteiger partial charge < -0.3 is 0 Å². The molecule has 0 amide bonds. The van der Waals surface area contributed by atoms with Gasteiger partial charge in [-0.15, -0.1) is 6.58 Å². The van der Waals surface area contributed by atoms with Gasteiger partial charge >= 0.3 is 0 Å². The summed E-state index contributed by atoms with van der Waals surface area (Å²) in [5, 5.41) is 0. The normalized spacial score (nSPS) is 12.4. The average molecular weight is 205 g/mol. The van der Waals surface area contributed by atoms with Crippen LogP contribution in [-0.4, -0.2) is 31.1 Å². The lowest BCUT2D eigenvalue weighted by atomic mass is 10.4. The Kier molecular flexibility index (Phi) is 5.25. The highest BCUT2D eigenvalue weighted by molar-refractivity contribution is 7.89. The summed E-state index contributed by atoms with van der Waals surface area (Å²) in [4.78, 5) is 0. The molecule has 4 heteroatoms. The lowest BCUT2D eigenvalue weighted by Gasteiger charge is -2.24. The summed E-state index contributed by atoms with van der Waals surface area (Å²) < 4.78 is 24.8. The first kappa shape index (κ1) is 12.7. The van der Waals surface area contributed by atoms with Crippen LogP contribution < -0.4 is 0 Å². The van der Waals surface area contributed by atoms with E-state index >= 15 is 0 Å². The number of sulfonamides is 1. The molecule has 0 aliphatic heterocycles. The number of rotatable bonds is 6. The molecule has 0 fully saturated rings. The van der Waals surface area contributed by atoms with Crippen LogP contribution in [-0.2, 0) is 10.0 Å². The molecule has 0 rings (SSSR count). The minimum absolute atomic E-state index is 0.00884. The van der Waals surface area contributed by atoms with E-state index in [2.05, 4.69) is 6.58 Å². The van der Waals surface area contributed by atoms with Crippen LogP contribution in [0.4, 0.5) is 0 Å². The van der Waals surface area contributed by atoms with Crippen LogP contribution in [0.1, 0.15) is 27.2 Å². The first-order valence-electron chi connectivity index (χ1n) is 4.56. The molecule has 0 heterocycles. The van der Waals surface area contributed by atoms with Crippen molar-refractivity contribution in [1.82, 2.24) is 4.31 Å². The fourth-order valence-electron chi connectivity index (χ4n) is 1.15. The molecular formula is C9H19NO2S. The highest BCUT2D eigenvalue weighted by Crippen LogP contribution is 2.08. The predicted molar refractivity (Wildman–Crippen MR) is 56.1 cm³/mol. The molecule has 0 saturated heterocycles. The molecule has 13 heavy (non-hydrogen) atoms. The number of nitrogens with zero attached hydrogens (tertiary/aromatic N) is 1. The third kappa shape index (κ3) is 3.91. The zero-order valence-electron chi connectivity index (χ0n) is 8.66. The van der Waals surface area contributed by atoms with Crippen molar-refractivity contribution in [3.8, 4) is 0 Å². The van der Waals surface area contributed by atoms with Gasteiger partial charge in [0.25, 0.3) is 0 Å². The van der Waals surface area contributed by atoms with Gasteiger partial charge in [-0.05, 0) is 20.3 Å². The monoisotopic (exact) mass is 205 g/mol. The van der Waals surface area contributed by atoms with E-state index in [0.29, 0.717) is 13.0 Å². The Morgan fingerprint density at radius 1 is 1.46 bits per heavy atom. The van der Waals surface area contributed by atoms with Gasteiger partial charge in [0.15, 0.2) is 0 Å². The van der Waals surface area contributed by atoms with Crippen LogP contribution in [0.15, 0.2) is 12.7 Å². The Labute approximate surface area is 81.5 Å². The molecular weight excluding hydrogens is 186 g/mol. The maximum absolute atomic E-state index is 11.6. The molecule has 3 nitrogen and oxygen atoms in total. The maximum Gasteiger partial charge on any atom is 0.214 e. The van der Waals surface area contributed by atoms with Crippen LogP contribution in [0, 0.1) is 0 Å². The first-order chi connectivity index (χ1) is 5.95. The fourth-order valence-corrected chi connectivity index (χ4v) is 2.87. The van der Waals surface area contributed by atoms with Crippen LogP contribution >= 0.6 is 0 Å². The van der Waals surface area contributed by atoms with E-state index in [9.17, 15) is 8.42 Å². The van der Waals surface area contributed by atoms with Gasteiger partial charge in [-0.25, -0.2) is 8.42 Å². The molecule has 0 aromatic heterocycles.